The van der Waals surface area contributed by atoms with E-state index in [-0.39, 0.29) is 12.1 Å². The van der Waals surface area contributed by atoms with Crippen LogP contribution in [0.3, 0.4) is 0 Å². The van der Waals surface area contributed by atoms with Crippen molar-refractivity contribution in [3.63, 3.8) is 0 Å². The number of nitrogens with zero attached hydrogens (tertiary/aromatic N) is 5. The van der Waals surface area contributed by atoms with Crippen molar-refractivity contribution in [1.29, 1.82) is 0 Å². The predicted octanol–water partition coefficient (Wildman–Crippen LogP) is 7.20. The van der Waals surface area contributed by atoms with Gasteiger partial charge in [0.15, 0.2) is 5.11 Å². The highest BCUT2D eigenvalue weighted by Crippen LogP contribution is 2.45. The SMILES string of the molecule is Cc1cc([C@H]2[C@H](c3ccccn3)NC(=S)N2c2ccc(N3C[C@H](C)C[C@H](C)C3)c(Cl)c2)c(C)n1-c1cccnc1. The molecule has 0 unspecified atom stereocenters. The molecule has 0 bridgehead atoms. The number of nitrogens with one attached hydrogen (secondary N) is 1. The zero-order valence-corrected chi connectivity index (χ0v) is 25.0. The van der Waals surface area contributed by atoms with E-state index in [1.165, 1.54) is 12.0 Å². The van der Waals surface area contributed by atoms with E-state index in [1.807, 2.05) is 30.6 Å². The summed E-state index contributed by atoms with van der Waals surface area (Å²) < 4.78 is 2.26. The van der Waals surface area contributed by atoms with Crippen LogP contribution in [-0.4, -0.2) is 32.7 Å². The van der Waals surface area contributed by atoms with Gasteiger partial charge in [0.2, 0.25) is 0 Å². The van der Waals surface area contributed by atoms with Gasteiger partial charge in [0, 0.05) is 42.6 Å². The van der Waals surface area contributed by atoms with E-state index in [1.54, 1.807) is 6.20 Å². The largest absolute Gasteiger partial charge is 0.370 e. The molecule has 6 rings (SSSR count). The number of benzene rings is 1. The van der Waals surface area contributed by atoms with Crippen LogP contribution in [0, 0.1) is 25.7 Å². The Labute approximate surface area is 247 Å². The molecule has 0 amide bonds. The lowest BCUT2D eigenvalue weighted by Gasteiger charge is -2.37. The third kappa shape index (κ3) is 4.86. The number of piperidine rings is 1. The third-order valence-corrected chi connectivity index (χ3v) is 8.83. The number of pyridine rings is 2. The summed E-state index contributed by atoms with van der Waals surface area (Å²) in [5, 5.41) is 5.01. The summed E-state index contributed by atoms with van der Waals surface area (Å²) in [6, 6.07) is 18.5. The molecule has 4 aromatic rings. The molecular weight excluding hydrogens is 536 g/mol. The molecule has 2 saturated heterocycles. The quantitative estimate of drug-likeness (QED) is 0.256. The third-order valence-electron chi connectivity index (χ3n) is 8.21. The summed E-state index contributed by atoms with van der Waals surface area (Å²) in [5.41, 5.74) is 7.52. The van der Waals surface area contributed by atoms with Crippen molar-refractivity contribution in [1.82, 2.24) is 19.9 Å². The zero-order chi connectivity index (χ0) is 28.0. The molecule has 2 aliphatic heterocycles. The van der Waals surface area contributed by atoms with Crippen LogP contribution in [0.5, 0.6) is 0 Å². The predicted molar refractivity (Wildman–Crippen MR) is 168 cm³/mol. The maximum absolute atomic E-state index is 7.02. The molecule has 40 heavy (non-hydrogen) atoms. The van der Waals surface area contributed by atoms with Crippen molar-refractivity contribution in [2.75, 3.05) is 22.9 Å². The van der Waals surface area contributed by atoms with Gasteiger partial charge in [-0.3, -0.25) is 9.97 Å². The van der Waals surface area contributed by atoms with Gasteiger partial charge < -0.3 is 19.7 Å². The number of thiocarbonyl (C=S) groups is 1. The lowest BCUT2D eigenvalue weighted by atomic mass is 9.91. The molecule has 206 valence electrons. The Kier molecular flexibility index (Phi) is 7.27. The van der Waals surface area contributed by atoms with Gasteiger partial charge in [-0.25, -0.2) is 0 Å². The van der Waals surface area contributed by atoms with Crippen molar-refractivity contribution in [3.8, 4) is 5.69 Å². The summed E-state index contributed by atoms with van der Waals surface area (Å²) >= 11 is 13.0. The van der Waals surface area contributed by atoms with Crippen LogP contribution in [0.4, 0.5) is 11.4 Å². The average Bonchev–Trinajstić information content (AvgIpc) is 3.43. The first-order valence-electron chi connectivity index (χ1n) is 14.0. The second-order valence-electron chi connectivity index (χ2n) is 11.4. The molecule has 0 radical (unpaired) electrons. The fourth-order valence-corrected chi connectivity index (χ4v) is 7.32. The number of hydrogen-bond donors (Lipinski definition) is 1. The maximum Gasteiger partial charge on any atom is 0.174 e. The van der Waals surface area contributed by atoms with E-state index in [0.29, 0.717) is 16.9 Å². The molecule has 3 aromatic heterocycles. The first kappa shape index (κ1) is 26.8. The topological polar surface area (TPSA) is 49.2 Å². The number of halogens is 1. The van der Waals surface area contributed by atoms with Crippen molar-refractivity contribution in [2.45, 2.75) is 46.2 Å². The smallest absolute Gasteiger partial charge is 0.174 e. The highest BCUT2D eigenvalue weighted by molar-refractivity contribution is 7.80. The molecule has 0 spiro atoms. The molecule has 0 aliphatic carbocycles. The van der Waals surface area contributed by atoms with Crippen molar-refractivity contribution < 1.29 is 0 Å². The Bertz CT molecular complexity index is 1510. The van der Waals surface area contributed by atoms with Crippen molar-refractivity contribution in [3.05, 3.63) is 101 Å². The molecule has 2 aliphatic rings. The number of anilines is 2. The van der Waals surface area contributed by atoms with Crippen LogP contribution in [0.1, 0.15) is 55.0 Å². The molecule has 6 nitrogen and oxygen atoms in total. The van der Waals surface area contributed by atoms with Crippen LogP contribution in [0.2, 0.25) is 5.02 Å². The summed E-state index contributed by atoms with van der Waals surface area (Å²) in [4.78, 5) is 13.7. The lowest BCUT2D eigenvalue weighted by molar-refractivity contribution is 0.357. The Hall–Kier alpha value is -3.42. The number of rotatable bonds is 5. The first-order valence-corrected chi connectivity index (χ1v) is 14.7. The monoisotopic (exact) mass is 570 g/mol. The van der Waals surface area contributed by atoms with Gasteiger partial charge in [0.1, 0.15) is 0 Å². The molecule has 8 heteroatoms. The lowest BCUT2D eigenvalue weighted by Crippen LogP contribution is -2.38. The van der Waals surface area contributed by atoms with E-state index < -0.39 is 0 Å². The minimum absolute atomic E-state index is 0.115. The van der Waals surface area contributed by atoms with Crippen molar-refractivity contribution >= 4 is 40.3 Å². The van der Waals surface area contributed by atoms with Gasteiger partial charge in [0.25, 0.3) is 0 Å². The summed E-state index contributed by atoms with van der Waals surface area (Å²) in [5.74, 6) is 1.29. The average molecular weight is 571 g/mol. The minimum Gasteiger partial charge on any atom is -0.370 e. The van der Waals surface area contributed by atoms with Crippen molar-refractivity contribution in [2.24, 2.45) is 11.8 Å². The minimum atomic E-state index is -0.126. The normalized spacial score (nSPS) is 23.0. The van der Waals surface area contributed by atoms with E-state index >= 15 is 0 Å². The fraction of sp³-hybridized carbons (Fsp3) is 0.344. The molecule has 4 atom stereocenters. The molecule has 5 heterocycles. The Morgan fingerprint density at radius 1 is 0.950 bits per heavy atom. The Balaban J connectivity index is 1.44. The molecule has 2 fully saturated rings. The number of aromatic nitrogens is 3. The number of hydrogen-bond acceptors (Lipinski definition) is 4. The molecule has 0 saturated carbocycles. The van der Waals surface area contributed by atoms with Gasteiger partial charge in [-0.2, -0.15) is 0 Å². The van der Waals surface area contributed by atoms with E-state index in [2.05, 4.69) is 88.8 Å². The van der Waals surface area contributed by atoms with Gasteiger partial charge in [-0.05, 0) is 98.4 Å². The van der Waals surface area contributed by atoms with Crippen LogP contribution in [-0.2, 0) is 0 Å². The van der Waals surface area contributed by atoms with Crippen LogP contribution in [0.25, 0.3) is 5.69 Å². The maximum atomic E-state index is 7.02. The molecule has 1 aromatic carbocycles. The van der Waals surface area contributed by atoms with E-state index in [9.17, 15) is 0 Å². The van der Waals surface area contributed by atoms with Crippen LogP contribution in [0.15, 0.2) is 73.2 Å². The second kappa shape index (κ2) is 10.9. The number of aryl methyl sites for hydroxylation is 1. The van der Waals surface area contributed by atoms with Crippen LogP contribution >= 0.6 is 23.8 Å². The molecular formula is C32H35ClN6S. The second-order valence-corrected chi connectivity index (χ2v) is 12.2. The summed E-state index contributed by atoms with van der Waals surface area (Å²) in [6.45, 7) is 11.0. The highest BCUT2D eigenvalue weighted by atomic mass is 35.5. The Morgan fingerprint density at radius 2 is 1.75 bits per heavy atom. The Morgan fingerprint density at radius 3 is 2.42 bits per heavy atom. The van der Waals surface area contributed by atoms with Gasteiger partial charge in [-0.15, -0.1) is 0 Å². The van der Waals surface area contributed by atoms with E-state index in [0.717, 1.165) is 52.3 Å². The standard InChI is InChI=1S/C32H35ClN6S/c1-20-14-21(2)19-37(18-20)29-11-10-24(16-27(29)33)39-31(30(36-32(39)40)28-9-5-6-13-35-28)26-15-22(3)38(23(26)4)25-8-7-12-34-17-25/h5-13,15-17,20-21,30-31H,14,18-19H2,1-4H3,(H,36,40)/t20-,21+,30-,31-/m0/s1. The van der Waals surface area contributed by atoms with E-state index in [4.69, 9.17) is 28.8 Å². The first-order chi connectivity index (χ1) is 19.3. The van der Waals surface area contributed by atoms with Gasteiger partial charge in [-0.1, -0.05) is 31.5 Å². The zero-order valence-electron chi connectivity index (χ0n) is 23.4. The highest BCUT2D eigenvalue weighted by Gasteiger charge is 2.42. The van der Waals surface area contributed by atoms with Crippen LogP contribution < -0.4 is 15.1 Å². The summed E-state index contributed by atoms with van der Waals surface area (Å²) in [6.07, 6.45) is 6.80. The van der Waals surface area contributed by atoms with Gasteiger partial charge >= 0.3 is 0 Å². The molecule has 1 N–H and O–H groups in total. The summed E-state index contributed by atoms with van der Waals surface area (Å²) in [7, 11) is 0. The fourth-order valence-electron chi connectivity index (χ4n) is 6.68. The van der Waals surface area contributed by atoms with Gasteiger partial charge in [0.05, 0.1) is 40.4 Å².